The Bertz CT molecular complexity index is 672. The first-order valence-corrected chi connectivity index (χ1v) is 9.89. The first kappa shape index (κ1) is 26.6. The van der Waals surface area contributed by atoms with Crippen molar-refractivity contribution in [3.8, 4) is 5.75 Å². The van der Waals surface area contributed by atoms with E-state index in [2.05, 4.69) is 0 Å². The number of aliphatic carboxylic acids is 1. The summed E-state index contributed by atoms with van der Waals surface area (Å²) in [4.78, 5) is 23.1. The molecule has 3 atom stereocenters. The van der Waals surface area contributed by atoms with Crippen LogP contribution in [0.1, 0.15) is 25.8 Å². The standard InChI is InChI=1S/C22H32O9/c1-16(30-15-28-12-11-26-3)13-22(25)31-17(2)20(9-10-21(23)24)29-14-18-5-7-19(27-4)8-6-18/h5-10,16-17,20H,11-15H2,1-4H3,(H,23,24)/b10-9+/t16-,17+,20-/m1/s1. The zero-order valence-electron chi connectivity index (χ0n) is 18.4. The van der Waals surface area contributed by atoms with Gasteiger partial charge in [0.25, 0.3) is 0 Å². The number of carbonyl (C=O) groups is 2. The summed E-state index contributed by atoms with van der Waals surface area (Å²) in [6, 6.07) is 7.26. The van der Waals surface area contributed by atoms with Gasteiger partial charge in [0, 0.05) is 13.2 Å². The zero-order valence-corrected chi connectivity index (χ0v) is 18.4. The van der Waals surface area contributed by atoms with Crippen LogP contribution in [0.25, 0.3) is 0 Å². The van der Waals surface area contributed by atoms with Crippen LogP contribution in [0, 0.1) is 0 Å². The molecule has 0 spiro atoms. The third kappa shape index (κ3) is 12.1. The highest BCUT2D eigenvalue weighted by atomic mass is 16.7. The molecule has 31 heavy (non-hydrogen) atoms. The van der Waals surface area contributed by atoms with E-state index >= 15 is 0 Å². The number of benzene rings is 1. The average Bonchev–Trinajstić information content (AvgIpc) is 2.73. The second kappa shape index (κ2) is 15.4. The lowest BCUT2D eigenvalue weighted by atomic mass is 10.2. The summed E-state index contributed by atoms with van der Waals surface area (Å²) in [6.07, 6.45) is 0.489. The SMILES string of the molecule is COCCOCO[C@H](C)CC(=O)O[C@@H](C)[C@@H](/C=C/C(=O)O)OCc1ccc(OC)cc1. The van der Waals surface area contributed by atoms with Crippen molar-refractivity contribution in [2.45, 2.75) is 45.2 Å². The van der Waals surface area contributed by atoms with Crippen molar-refractivity contribution >= 4 is 11.9 Å². The van der Waals surface area contributed by atoms with Crippen molar-refractivity contribution in [2.75, 3.05) is 34.2 Å². The molecule has 1 rings (SSSR count). The number of esters is 1. The topological polar surface area (TPSA) is 110 Å². The number of methoxy groups -OCH3 is 2. The maximum atomic E-state index is 12.2. The highest BCUT2D eigenvalue weighted by Crippen LogP contribution is 2.15. The van der Waals surface area contributed by atoms with Crippen molar-refractivity contribution in [3.05, 3.63) is 42.0 Å². The van der Waals surface area contributed by atoms with E-state index in [1.807, 2.05) is 12.1 Å². The summed E-state index contributed by atoms with van der Waals surface area (Å²) in [7, 11) is 3.15. The van der Waals surface area contributed by atoms with Crippen molar-refractivity contribution in [1.82, 2.24) is 0 Å². The molecule has 0 saturated carbocycles. The van der Waals surface area contributed by atoms with Gasteiger partial charge in [0.2, 0.25) is 0 Å². The van der Waals surface area contributed by atoms with Gasteiger partial charge >= 0.3 is 11.9 Å². The number of hydrogen-bond acceptors (Lipinski definition) is 8. The second-order valence-electron chi connectivity index (χ2n) is 6.72. The second-order valence-corrected chi connectivity index (χ2v) is 6.72. The van der Waals surface area contributed by atoms with Gasteiger partial charge in [-0.2, -0.15) is 0 Å². The molecule has 0 aliphatic heterocycles. The van der Waals surface area contributed by atoms with Crippen molar-refractivity contribution < 1.29 is 43.1 Å². The summed E-state index contributed by atoms with van der Waals surface area (Å²) in [5, 5.41) is 8.92. The smallest absolute Gasteiger partial charge is 0.328 e. The maximum absolute atomic E-state index is 12.2. The Morgan fingerprint density at radius 2 is 1.77 bits per heavy atom. The van der Waals surface area contributed by atoms with E-state index in [1.165, 1.54) is 6.08 Å². The van der Waals surface area contributed by atoms with Gasteiger partial charge in [-0.25, -0.2) is 4.79 Å². The monoisotopic (exact) mass is 440 g/mol. The molecular formula is C22H32O9. The third-order valence-electron chi connectivity index (χ3n) is 4.13. The summed E-state index contributed by atoms with van der Waals surface area (Å²) >= 11 is 0. The molecule has 0 unspecified atom stereocenters. The molecule has 0 amide bonds. The maximum Gasteiger partial charge on any atom is 0.328 e. The van der Waals surface area contributed by atoms with Crippen molar-refractivity contribution in [2.24, 2.45) is 0 Å². The van der Waals surface area contributed by atoms with Crippen LogP contribution < -0.4 is 4.74 Å². The Balaban J connectivity index is 2.54. The van der Waals surface area contributed by atoms with E-state index in [-0.39, 0.29) is 19.8 Å². The third-order valence-corrected chi connectivity index (χ3v) is 4.13. The Morgan fingerprint density at radius 3 is 2.39 bits per heavy atom. The molecule has 0 aromatic heterocycles. The van der Waals surface area contributed by atoms with E-state index in [9.17, 15) is 9.59 Å². The molecule has 1 N–H and O–H groups in total. The van der Waals surface area contributed by atoms with Crippen molar-refractivity contribution in [3.63, 3.8) is 0 Å². The van der Waals surface area contributed by atoms with Crippen LogP contribution in [0.3, 0.4) is 0 Å². The van der Waals surface area contributed by atoms with Gasteiger partial charge in [-0.05, 0) is 37.6 Å². The molecule has 0 saturated heterocycles. The van der Waals surface area contributed by atoms with Gasteiger partial charge in [-0.15, -0.1) is 0 Å². The molecule has 1 aromatic rings. The Kier molecular flexibility index (Phi) is 13.2. The van der Waals surface area contributed by atoms with Crippen LogP contribution in [0.2, 0.25) is 0 Å². The first-order valence-electron chi connectivity index (χ1n) is 9.89. The molecule has 9 nitrogen and oxygen atoms in total. The van der Waals surface area contributed by atoms with Crippen LogP contribution in [0.15, 0.2) is 36.4 Å². The first-order chi connectivity index (χ1) is 14.8. The van der Waals surface area contributed by atoms with Gasteiger partial charge in [-0.1, -0.05) is 12.1 Å². The molecular weight excluding hydrogens is 408 g/mol. The quantitative estimate of drug-likeness (QED) is 0.179. The minimum Gasteiger partial charge on any atom is -0.497 e. The fourth-order valence-electron chi connectivity index (χ4n) is 2.42. The van der Waals surface area contributed by atoms with Crippen LogP contribution in [0.5, 0.6) is 5.75 Å². The minimum atomic E-state index is -1.12. The predicted octanol–water partition coefficient (Wildman–Crippen LogP) is 2.57. The lowest BCUT2D eigenvalue weighted by molar-refractivity contribution is -0.160. The van der Waals surface area contributed by atoms with Gasteiger partial charge in [-0.3, -0.25) is 4.79 Å². The Hall–Kier alpha value is -2.46. The van der Waals surface area contributed by atoms with Crippen LogP contribution >= 0.6 is 0 Å². The van der Waals surface area contributed by atoms with Gasteiger partial charge in [0.1, 0.15) is 24.8 Å². The van der Waals surface area contributed by atoms with Crippen LogP contribution in [-0.4, -0.2) is 69.6 Å². The lowest BCUT2D eigenvalue weighted by Gasteiger charge is -2.23. The molecule has 0 bridgehead atoms. The molecule has 0 aliphatic carbocycles. The largest absolute Gasteiger partial charge is 0.497 e. The lowest BCUT2D eigenvalue weighted by Crippen LogP contribution is -2.31. The van der Waals surface area contributed by atoms with Crippen molar-refractivity contribution in [1.29, 1.82) is 0 Å². The molecule has 0 aliphatic rings. The minimum absolute atomic E-state index is 0.0197. The normalized spacial score (nSPS) is 14.2. The van der Waals surface area contributed by atoms with E-state index in [0.29, 0.717) is 19.0 Å². The van der Waals surface area contributed by atoms with Gasteiger partial charge in [0.15, 0.2) is 0 Å². The molecule has 0 radical (unpaired) electrons. The molecule has 0 heterocycles. The fourth-order valence-corrected chi connectivity index (χ4v) is 2.42. The van der Waals surface area contributed by atoms with Gasteiger partial charge in [0.05, 0.1) is 39.5 Å². The molecule has 0 fully saturated rings. The fraction of sp³-hybridized carbons (Fsp3) is 0.545. The highest BCUT2D eigenvalue weighted by molar-refractivity contribution is 5.79. The highest BCUT2D eigenvalue weighted by Gasteiger charge is 2.21. The zero-order chi connectivity index (χ0) is 23.1. The summed E-state index contributed by atoms with van der Waals surface area (Å²) < 4.78 is 31.8. The Morgan fingerprint density at radius 1 is 1.06 bits per heavy atom. The average molecular weight is 440 g/mol. The van der Waals surface area contributed by atoms with Crippen LogP contribution in [-0.2, 0) is 39.9 Å². The van der Waals surface area contributed by atoms with E-state index in [1.54, 1.807) is 40.2 Å². The van der Waals surface area contributed by atoms with E-state index in [4.69, 9.17) is 33.5 Å². The predicted molar refractivity (Wildman–Crippen MR) is 112 cm³/mol. The summed E-state index contributed by atoms with van der Waals surface area (Å²) in [5.74, 6) is -0.889. The number of carboxylic acid groups (broad SMARTS) is 1. The van der Waals surface area contributed by atoms with E-state index < -0.39 is 30.3 Å². The number of hydrogen-bond donors (Lipinski definition) is 1. The summed E-state index contributed by atoms with van der Waals surface area (Å²) in [5.41, 5.74) is 0.864. The molecule has 9 heteroatoms. The molecule has 174 valence electrons. The Labute approximate surface area is 182 Å². The number of carboxylic acids is 1. The number of ether oxygens (including phenoxy) is 6. The van der Waals surface area contributed by atoms with Crippen LogP contribution in [0.4, 0.5) is 0 Å². The number of carbonyl (C=O) groups excluding carboxylic acids is 1. The van der Waals surface area contributed by atoms with E-state index in [0.717, 1.165) is 11.6 Å². The van der Waals surface area contributed by atoms with Gasteiger partial charge < -0.3 is 33.5 Å². The summed E-state index contributed by atoms with van der Waals surface area (Å²) in [6.45, 7) is 4.48. The molecule has 1 aromatic carbocycles. The number of rotatable bonds is 16.